The first-order chi connectivity index (χ1) is 10.8. The molecule has 2 rings (SSSR count). The zero-order chi connectivity index (χ0) is 17.1. The highest BCUT2D eigenvalue weighted by molar-refractivity contribution is 9.10. The van der Waals surface area contributed by atoms with Crippen LogP contribution >= 0.6 is 15.9 Å². The second-order valence-electron chi connectivity index (χ2n) is 5.57. The van der Waals surface area contributed by atoms with E-state index in [0.717, 1.165) is 14.9 Å². The van der Waals surface area contributed by atoms with Crippen LogP contribution in [0.2, 0.25) is 0 Å². The number of nitrogens with zero attached hydrogens (tertiary/aromatic N) is 2. The maximum atomic E-state index is 12.3. The van der Waals surface area contributed by atoms with Crippen molar-refractivity contribution < 1.29 is 14.4 Å². The third-order valence-electron chi connectivity index (χ3n) is 3.68. The van der Waals surface area contributed by atoms with Crippen LogP contribution < -0.4 is 0 Å². The van der Waals surface area contributed by atoms with Crippen LogP contribution in [0, 0.1) is 0 Å². The van der Waals surface area contributed by atoms with Crippen molar-refractivity contribution in [3.8, 4) is 0 Å². The molecule has 5 nitrogen and oxygen atoms in total. The smallest absolute Gasteiger partial charge is 0.261 e. The molecule has 0 aromatic heterocycles. The summed E-state index contributed by atoms with van der Waals surface area (Å²) in [7, 11) is 0. The van der Waals surface area contributed by atoms with Gasteiger partial charge in [0, 0.05) is 30.5 Å². The SMILES string of the molecule is C=C(C)CN(CC)C(=O)CCN1C(=O)c2ccc(Br)cc2C1=O. The predicted octanol–water partition coefficient (Wildman–Crippen LogP) is 2.86. The number of benzene rings is 1. The lowest BCUT2D eigenvalue weighted by Gasteiger charge is -2.22. The molecular weight excluding hydrogens is 360 g/mol. The largest absolute Gasteiger partial charge is 0.339 e. The Morgan fingerprint density at radius 2 is 1.91 bits per heavy atom. The van der Waals surface area contributed by atoms with E-state index in [2.05, 4.69) is 22.5 Å². The summed E-state index contributed by atoms with van der Waals surface area (Å²) in [6.45, 7) is 8.71. The van der Waals surface area contributed by atoms with Gasteiger partial charge in [0.25, 0.3) is 11.8 Å². The highest BCUT2D eigenvalue weighted by atomic mass is 79.9. The lowest BCUT2D eigenvalue weighted by atomic mass is 10.1. The van der Waals surface area contributed by atoms with Crippen molar-refractivity contribution in [2.45, 2.75) is 20.3 Å². The summed E-state index contributed by atoms with van der Waals surface area (Å²) in [6, 6.07) is 4.99. The minimum absolute atomic E-state index is 0.0896. The van der Waals surface area contributed by atoms with Crippen molar-refractivity contribution in [3.05, 3.63) is 46.0 Å². The van der Waals surface area contributed by atoms with Gasteiger partial charge in [0.15, 0.2) is 0 Å². The molecule has 23 heavy (non-hydrogen) atoms. The Labute approximate surface area is 144 Å². The van der Waals surface area contributed by atoms with E-state index in [-0.39, 0.29) is 30.7 Å². The second-order valence-corrected chi connectivity index (χ2v) is 6.48. The Morgan fingerprint density at radius 1 is 1.26 bits per heavy atom. The monoisotopic (exact) mass is 378 g/mol. The quantitative estimate of drug-likeness (QED) is 0.564. The van der Waals surface area contributed by atoms with Gasteiger partial charge in [0.2, 0.25) is 5.91 Å². The molecule has 3 amide bonds. The number of amides is 3. The van der Waals surface area contributed by atoms with Gasteiger partial charge in [-0.05, 0) is 32.0 Å². The summed E-state index contributed by atoms with van der Waals surface area (Å²) in [6.07, 6.45) is 0.119. The maximum Gasteiger partial charge on any atom is 0.261 e. The molecule has 0 N–H and O–H groups in total. The molecule has 0 unspecified atom stereocenters. The number of hydrogen-bond acceptors (Lipinski definition) is 3. The predicted molar refractivity (Wildman–Crippen MR) is 91.2 cm³/mol. The van der Waals surface area contributed by atoms with Gasteiger partial charge in [-0.2, -0.15) is 0 Å². The van der Waals surface area contributed by atoms with E-state index in [0.29, 0.717) is 24.2 Å². The van der Waals surface area contributed by atoms with Crippen molar-refractivity contribution in [2.24, 2.45) is 0 Å². The molecule has 0 saturated heterocycles. The summed E-state index contributed by atoms with van der Waals surface area (Å²) >= 11 is 3.29. The fraction of sp³-hybridized carbons (Fsp3) is 0.353. The second kappa shape index (κ2) is 7.08. The van der Waals surface area contributed by atoms with Gasteiger partial charge < -0.3 is 4.90 Å². The van der Waals surface area contributed by atoms with E-state index in [1.807, 2.05) is 13.8 Å². The first kappa shape index (κ1) is 17.4. The Balaban J connectivity index is 2.05. The third kappa shape index (κ3) is 3.69. The van der Waals surface area contributed by atoms with Crippen LogP contribution in [0.1, 0.15) is 41.0 Å². The lowest BCUT2D eigenvalue weighted by molar-refractivity contribution is -0.130. The van der Waals surface area contributed by atoms with Crippen molar-refractivity contribution in [1.82, 2.24) is 9.80 Å². The van der Waals surface area contributed by atoms with Crippen LogP contribution in [0.25, 0.3) is 0 Å². The maximum absolute atomic E-state index is 12.3. The lowest BCUT2D eigenvalue weighted by Crippen LogP contribution is -2.37. The van der Waals surface area contributed by atoms with Crippen molar-refractivity contribution in [2.75, 3.05) is 19.6 Å². The van der Waals surface area contributed by atoms with Gasteiger partial charge in [0.05, 0.1) is 11.1 Å². The highest BCUT2D eigenvalue weighted by Crippen LogP contribution is 2.26. The van der Waals surface area contributed by atoms with Crippen molar-refractivity contribution in [3.63, 3.8) is 0 Å². The standard InChI is InChI=1S/C17H19BrN2O3/c1-4-19(10-11(2)3)15(21)7-8-20-16(22)13-6-5-12(18)9-14(13)17(20)23/h5-6,9H,2,4,7-8,10H2,1,3H3. The average Bonchev–Trinajstić information content (AvgIpc) is 2.73. The van der Waals surface area contributed by atoms with Crippen molar-refractivity contribution in [1.29, 1.82) is 0 Å². The van der Waals surface area contributed by atoms with E-state index < -0.39 is 0 Å². The molecule has 0 radical (unpaired) electrons. The van der Waals surface area contributed by atoms with Crippen LogP contribution in [-0.2, 0) is 4.79 Å². The Kier molecular flexibility index (Phi) is 5.36. The summed E-state index contributed by atoms with van der Waals surface area (Å²) in [4.78, 5) is 39.7. The van der Waals surface area contributed by atoms with Gasteiger partial charge in [-0.15, -0.1) is 0 Å². The van der Waals surface area contributed by atoms with Gasteiger partial charge in [0.1, 0.15) is 0 Å². The van der Waals surface area contributed by atoms with E-state index in [9.17, 15) is 14.4 Å². The van der Waals surface area contributed by atoms with E-state index in [1.54, 1.807) is 23.1 Å². The Hall–Kier alpha value is -1.95. The molecule has 1 aromatic carbocycles. The first-order valence-electron chi connectivity index (χ1n) is 7.43. The third-order valence-corrected chi connectivity index (χ3v) is 4.17. The molecule has 1 aliphatic rings. The molecule has 0 aliphatic carbocycles. The molecule has 0 saturated carbocycles. The highest BCUT2D eigenvalue weighted by Gasteiger charge is 2.35. The van der Waals surface area contributed by atoms with Crippen LogP contribution in [0.4, 0.5) is 0 Å². The molecule has 6 heteroatoms. The number of fused-ring (bicyclic) bond motifs is 1. The number of carbonyl (C=O) groups is 3. The van der Waals surface area contributed by atoms with Crippen LogP contribution in [-0.4, -0.2) is 47.2 Å². The normalized spacial score (nSPS) is 13.3. The zero-order valence-electron chi connectivity index (χ0n) is 13.3. The van der Waals surface area contributed by atoms with Crippen LogP contribution in [0.15, 0.2) is 34.8 Å². The van der Waals surface area contributed by atoms with Gasteiger partial charge in [-0.3, -0.25) is 19.3 Å². The minimum Gasteiger partial charge on any atom is -0.339 e. The molecular formula is C17H19BrN2O3. The molecule has 122 valence electrons. The van der Waals surface area contributed by atoms with Crippen LogP contribution in [0.3, 0.4) is 0 Å². The summed E-state index contributed by atoms with van der Waals surface area (Å²) < 4.78 is 0.744. The fourth-order valence-electron chi connectivity index (χ4n) is 2.53. The number of imide groups is 1. The molecule has 0 spiro atoms. The topological polar surface area (TPSA) is 57.7 Å². The fourth-order valence-corrected chi connectivity index (χ4v) is 2.89. The summed E-state index contributed by atoms with van der Waals surface area (Å²) in [5.74, 6) is -0.775. The molecule has 0 fully saturated rings. The number of halogens is 1. The number of rotatable bonds is 6. The molecule has 1 aliphatic heterocycles. The summed E-state index contributed by atoms with van der Waals surface area (Å²) in [5, 5.41) is 0. The van der Waals surface area contributed by atoms with Crippen molar-refractivity contribution >= 4 is 33.7 Å². The molecule has 0 bridgehead atoms. The van der Waals surface area contributed by atoms with E-state index >= 15 is 0 Å². The molecule has 1 heterocycles. The van der Waals surface area contributed by atoms with Gasteiger partial charge in [-0.25, -0.2) is 0 Å². The molecule has 1 aromatic rings. The Bertz CT molecular complexity index is 684. The zero-order valence-corrected chi connectivity index (χ0v) is 14.9. The van der Waals surface area contributed by atoms with Gasteiger partial charge >= 0.3 is 0 Å². The summed E-state index contributed by atoms with van der Waals surface area (Å²) in [5.41, 5.74) is 1.66. The van der Waals surface area contributed by atoms with Crippen LogP contribution in [0.5, 0.6) is 0 Å². The number of hydrogen-bond donors (Lipinski definition) is 0. The Morgan fingerprint density at radius 3 is 2.52 bits per heavy atom. The number of carbonyl (C=O) groups excluding carboxylic acids is 3. The minimum atomic E-state index is -0.345. The first-order valence-corrected chi connectivity index (χ1v) is 8.22. The van der Waals surface area contributed by atoms with E-state index in [1.165, 1.54) is 0 Å². The number of likely N-dealkylation sites (N-methyl/N-ethyl adjacent to an activating group) is 1. The molecule has 0 atom stereocenters. The average molecular weight is 379 g/mol. The van der Waals surface area contributed by atoms with Gasteiger partial charge in [-0.1, -0.05) is 28.1 Å². The van der Waals surface area contributed by atoms with E-state index in [4.69, 9.17) is 0 Å².